The lowest BCUT2D eigenvalue weighted by Crippen LogP contribution is -2.65. The third kappa shape index (κ3) is 3.86. The zero-order valence-electron chi connectivity index (χ0n) is 5.82. The standard InChI is InChI=1S/C4H12N4O3/c5-3(6,2(9)10)1-4(7,8)11/h11H,1,5-8H2,(H,9,10). The highest BCUT2D eigenvalue weighted by Gasteiger charge is 2.35. The van der Waals surface area contributed by atoms with Crippen LogP contribution in [0.2, 0.25) is 0 Å². The van der Waals surface area contributed by atoms with E-state index in [-0.39, 0.29) is 0 Å². The van der Waals surface area contributed by atoms with Gasteiger partial charge in [-0.25, -0.2) is 4.79 Å². The molecule has 0 bridgehead atoms. The first kappa shape index (κ1) is 10.3. The summed E-state index contributed by atoms with van der Waals surface area (Å²) >= 11 is 0. The Morgan fingerprint density at radius 2 is 1.64 bits per heavy atom. The molecule has 0 saturated heterocycles. The quantitative estimate of drug-likeness (QED) is 0.237. The molecular weight excluding hydrogens is 152 g/mol. The van der Waals surface area contributed by atoms with Gasteiger partial charge in [0, 0.05) is 6.42 Å². The summed E-state index contributed by atoms with van der Waals surface area (Å²) in [6.45, 7) is 0. The summed E-state index contributed by atoms with van der Waals surface area (Å²) in [4.78, 5) is 10.2. The molecule has 0 aromatic carbocycles. The molecule has 0 aliphatic rings. The predicted octanol–water partition coefficient (Wildman–Crippen LogP) is -3.36. The lowest BCUT2D eigenvalue weighted by Gasteiger charge is -2.26. The van der Waals surface area contributed by atoms with Gasteiger partial charge >= 0.3 is 5.97 Å². The zero-order chi connectivity index (χ0) is 9.28. The summed E-state index contributed by atoms with van der Waals surface area (Å²) in [7, 11) is 0. The van der Waals surface area contributed by atoms with Gasteiger partial charge in [0.25, 0.3) is 0 Å². The normalized spacial score (nSPS) is 13.2. The number of aliphatic hydroxyl groups is 1. The highest BCUT2D eigenvalue weighted by Crippen LogP contribution is 2.04. The molecule has 66 valence electrons. The largest absolute Gasteiger partial charge is 0.479 e. The molecule has 0 unspecified atom stereocenters. The Bertz CT molecular complexity index is 161. The number of hydrogen-bond donors (Lipinski definition) is 6. The van der Waals surface area contributed by atoms with Crippen molar-refractivity contribution in [3.8, 4) is 0 Å². The van der Waals surface area contributed by atoms with Gasteiger partial charge in [-0.3, -0.25) is 11.5 Å². The van der Waals surface area contributed by atoms with E-state index in [1.807, 2.05) is 0 Å². The molecule has 0 atom stereocenters. The Balaban J connectivity index is 4.25. The van der Waals surface area contributed by atoms with E-state index in [4.69, 9.17) is 33.1 Å². The number of rotatable bonds is 3. The summed E-state index contributed by atoms with van der Waals surface area (Å²) in [6.07, 6.45) is -0.630. The van der Waals surface area contributed by atoms with E-state index in [0.29, 0.717) is 0 Å². The fourth-order valence-electron chi connectivity index (χ4n) is 0.544. The van der Waals surface area contributed by atoms with Gasteiger partial charge in [-0.1, -0.05) is 0 Å². The Kier molecular flexibility index (Phi) is 2.54. The van der Waals surface area contributed by atoms with Gasteiger partial charge in [-0.15, -0.1) is 0 Å². The first-order valence-corrected chi connectivity index (χ1v) is 2.76. The van der Waals surface area contributed by atoms with Crippen molar-refractivity contribution >= 4 is 5.97 Å². The minimum Gasteiger partial charge on any atom is -0.479 e. The van der Waals surface area contributed by atoms with Gasteiger partial charge in [0.05, 0.1) is 0 Å². The number of carboxylic acid groups (broad SMARTS) is 1. The molecular formula is C4H12N4O3. The molecule has 11 heavy (non-hydrogen) atoms. The molecule has 7 nitrogen and oxygen atoms in total. The van der Waals surface area contributed by atoms with Crippen molar-refractivity contribution in [2.75, 3.05) is 0 Å². The maximum Gasteiger partial charge on any atom is 0.338 e. The molecule has 0 spiro atoms. The number of carboxylic acids is 1. The fourth-order valence-corrected chi connectivity index (χ4v) is 0.544. The molecule has 10 N–H and O–H groups in total. The van der Waals surface area contributed by atoms with Gasteiger partial charge in [0.2, 0.25) is 0 Å². The zero-order valence-corrected chi connectivity index (χ0v) is 5.82. The topological polar surface area (TPSA) is 162 Å². The van der Waals surface area contributed by atoms with E-state index in [1.165, 1.54) is 0 Å². The third-order valence-corrected chi connectivity index (χ3v) is 0.974. The van der Waals surface area contributed by atoms with Crippen LogP contribution < -0.4 is 22.9 Å². The average molecular weight is 164 g/mol. The average Bonchev–Trinajstić information content (AvgIpc) is 1.56. The van der Waals surface area contributed by atoms with Crippen molar-refractivity contribution < 1.29 is 15.0 Å². The molecule has 0 radical (unpaired) electrons. The van der Waals surface area contributed by atoms with E-state index >= 15 is 0 Å². The molecule has 0 aromatic heterocycles. The maximum atomic E-state index is 10.2. The van der Waals surface area contributed by atoms with Gasteiger partial charge < -0.3 is 21.7 Å². The van der Waals surface area contributed by atoms with E-state index in [1.54, 1.807) is 0 Å². The minimum absolute atomic E-state index is 0.630. The van der Waals surface area contributed by atoms with Gasteiger partial charge in [-0.2, -0.15) is 0 Å². The monoisotopic (exact) mass is 164 g/mol. The van der Waals surface area contributed by atoms with Crippen LogP contribution >= 0.6 is 0 Å². The molecule has 0 heterocycles. The second kappa shape index (κ2) is 2.72. The van der Waals surface area contributed by atoms with Crippen LogP contribution in [0, 0.1) is 0 Å². The fraction of sp³-hybridized carbons (Fsp3) is 0.750. The Morgan fingerprint density at radius 1 is 1.27 bits per heavy atom. The smallest absolute Gasteiger partial charge is 0.338 e. The second-order valence-corrected chi connectivity index (χ2v) is 2.51. The molecule has 0 saturated carbocycles. The molecule has 0 amide bonds. The number of hydrogen-bond acceptors (Lipinski definition) is 6. The lowest BCUT2D eigenvalue weighted by atomic mass is 10.1. The summed E-state index contributed by atoms with van der Waals surface area (Å²) < 4.78 is 0. The van der Waals surface area contributed by atoms with Gasteiger partial charge in [0.1, 0.15) is 0 Å². The van der Waals surface area contributed by atoms with E-state index < -0.39 is 23.9 Å². The SMILES string of the molecule is NC(N)(O)CC(N)(N)C(=O)O. The first-order chi connectivity index (χ1) is 4.65. The highest BCUT2D eigenvalue weighted by molar-refractivity contribution is 5.77. The Hall–Kier alpha value is -0.730. The number of aliphatic carboxylic acids is 1. The molecule has 0 aliphatic heterocycles. The Morgan fingerprint density at radius 3 is 1.73 bits per heavy atom. The van der Waals surface area contributed by atoms with Crippen LogP contribution in [0.15, 0.2) is 0 Å². The van der Waals surface area contributed by atoms with Crippen LogP contribution in [0.1, 0.15) is 6.42 Å². The van der Waals surface area contributed by atoms with Crippen molar-refractivity contribution in [2.45, 2.75) is 17.9 Å². The van der Waals surface area contributed by atoms with Crippen molar-refractivity contribution in [1.29, 1.82) is 0 Å². The lowest BCUT2D eigenvalue weighted by molar-refractivity contribution is -0.146. The van der Waals surface area contributed by atoms with E-state index in [0.717, 1.165) is 0 Å². The van der Waals surface area contributed by atoms with Gasteiger partial charge in [0.15, 0.2) is 11.5 Å². The van der Waals surface area contributed by atoms with Crippen LogP contribution in [0.25, 0.3) is 0 Å². The molecule has 0 fully saturated rings. The van der Waals surface area contributed by atoms with Crippen molar-refractivity contribution in [3.05, 3.63) is 0 Å². The summed E-state index contributed by atoms with van der Waals surface area (Å²) in [5.41, 5.74) is 17.6. The maximum absolute atomic E-state index is 10.2. The van der Waals surface area contributed by atoms with Crippen molar-refractivity contribution in [1.82, 2.24) is 0 Å². The molecule has 0 aromatic rings. The molecule has 0 rings (SSSR count). The van der Waals surface area contributed by atoms with Gasteiger partial charge in [-0.05, 0) is 0 Å². The van der Waals surface area contributed by atoms with Crippen LogP contribution in [0.4, 0.5) is 0 Å². The van der Waals surface area contributed by atoms with E-state index in [9.17, 15) is 4.79 Å². The molecule has 7 heteroatoms. The molecule has 0 aliphatic carbocycles. The predicted molar refractivity (Wildman–Crippen MR) is 36.7 cm³/mol. The van der Waals surface area contributed by atoms with Crippen LogP contribution in [0.5, 0.6) is 0 Å². The number of carbonyl (C=O) groups is 1. The minimum atomic E-state index is -2.16. The first-order valence-electron chi connectivity index (χ1n) is 2.76. The summed E-state index contributed by atoms with van der Waals surface area (Å²) in [5, 5.41) is 17.1. The van der Waals surface area contributed by atoms with Crippen LogP contribution in [-0.4, -0.2) is 27.7 Å². The highest BCUT2D eigenvalue weighted by atomic mass is 16.4. The van der Waals surface area contributed by atoms with Crippen LogP contribution in [0.3, 0.4) is 0 Å². The van der Waals surface area contributed by atoms with E-state index in [2.05, 4.69) is 0 Å². The third-order valence-electron chi connectivity index (χ3n) is 0.974. The van der Waals surface area contributed by atoms with Crippen LogP contribution in [-0.2, 0) is 4.79 Å². The number of nitrogens with two attached hydrogens (primary N) is 4. The van der Waals surface area contributed by atoms with Crippen molar-refractivity contribution in [3.63, 3.8) is 0 Å². The second-order valence-electron chi connectivity index (χ2n) is 2.51. The summed E-state index contributed by atoms with van der Waals surface area (Å²) in [5.74, 6) is -3.64. The van der Waals surface area contributed by atoms with Crippen molar-refractivity contribution in [2.24, 2.45) is 22.9 Å². The Labute approximate surface area is 62.9 Å². The summed E-state index contributed by atoms with van der Waals surface area (Å²) in [6, 6.07) is 0.